The van der Waals surface area contributed by atoms with Crippen LogP contribution in [0.4, 0.5) is 5.69 Å². The molecule has 2 bridgehead atoms. The number of epoxide rings is 1. The van der Waals surface area contributed by atoms with Crippen LogP contribution >= 0.6 is 0 Å². The fourth-order valence-corrected chi connectivity index (χ4v) is 4.78. The van der Waals surface area contributed by atoms with Crippen LogP contribution in [0.25, 0.3) is 0 Å². The summed E-state index contributed by atoms with van der Waals surface area (Å²) >= 11 is 0. The molecule has 1 aromatic carbocycles. The number of ether oxygens (including phenoxy) is 1. The van der Waals surface area contributed by atoms with Crippen molar-refractivity contribution >= 4 is 17.3 Å². The summed E-state index contributed by atoms with van der Waals surface area (Å²) in [5.74, 6) is -0.257. The Labute approximate surface area is 131 Å². The van der Waals surface area contributed by atoms with Gasteiger partial charge < -0.3 is 4.74 Å². The molecule has 0 amide bonds. The van der Waals surface area contributed by atoms with Gasteiger partial charge in [-0.15, -0.1) is 0 Å². The predicted molar refractivity (Wildman–Crippen MR) is 77.4 cm³/mol. The van der Waals surface area contributed by atoms with Crippen LogP contribution in [0.1, 0.15) is 12.0 Å². The molecule has 23 heavy (non-hydrogen) atoms. The lowest BCUT2D eigenvalue weighted by Gasteiger charge is -2.31. The highest BCUT2D eigenvalue weighted by atomic mass is 16.6. The average molecular weight is 311 g/mol. The lowest BCUT2D eigenvalue weighted by molar-refractivity contribution is -0.384. The van der Waals surface area contributed by atoms with E-state index in [2.05, 4.69) is 6.08 Å². The second-order valence-corrected chi connectivity index (χ2v) is 6.80. The third-order valence-corrected chi connectivity index (χ3v) is 5.84. The number of nitro benzene ring substituents is 1. The van der Waals surface area contributed by atoms with Crippen LogP contribution in [0.2, 0.25) is 0 Å². The number of allylic oxidation sites excluding steroid dienone is 2. The van der Waals surface area contributed by atoms with Gasteiger partial charge in [-0.2, -0.15) is 0 Å². The van der Waals surface area contributed by atoms with E-state index < -0.39 is 16.6 Å². The summed E-state index contributed by atoms with van der Waals surface area (Å²) in [4.78, 5) is 36.1. The molecule has 1 heterocycles. The normalized spacial score (nSPS) is 42.5. The van der Waals surface area contributed by atoms with Crippen LogP contribution in [0.15, 0.2) is 36.4 Å². The third kappa shape index (κ3) is 1.42. The smallest absolute Gasteiger partial charge is 0.269 e. The molecule has 116 valence electrons. The highest BCUT2D eigenvalue weighted by Gasteiger charge is 2.75. The second-order valence-electron chi connectivity index (χ2n) is 6.80. The molecule has 0 unspecified atom stereocenters. The number of nitro groups is 1. The van der Waals surface area contributed by atoms with Crippen molar-refractivity contribution in [2.75, 3.05) is 0 Å². The van der Waals surface area contributed by atoms with Crippen molar-refractivity contribution in [3.05, 3.63) is 52.1 Å². The number of non-ortho nitro benzene ring substituents is 1. The summed E-state index contributed by atoms with van der Waals surface area (Å²) in [6, 6.07) is 5.78. The minimum atomic E-state index is -1.20. The summed E-state index contributed by atoms with van der Waals surface area (Å²) in [5, 5.41) is 10.8. The van der Waals surface area contributed by atoms with Gasteiger partial charge in [0, 0.05) is 24.0 Å². The zero-order valence-corrected chi connectivity index (χ0v) is 12.0. The Morgan fingerprint density at radius 2 is 1.74 bits per heavy atom. The minimum absolute atomic E-state index is 0.0183. The van der Waals surface area contributed by atoms with Crippen molar-refractivity contribution in [2.45, 2.75) is 18.1 Å². The first-order chi connectivity index (χ1) is 11.0. The van der Waals surface area contributed by atoms with E-state index in [1.165, 1.54) is 24.3 Å². The maximum Gasteiger partial charge on any atom is 0.269 e. The number of ketones is 2. The monoisotopic (exact) mass is 311 g/mol. The number of carbonyl (C=O) groups excluding carboxylic acids is 2. The lowest BCUT2D eigenvalue weighted by Crippen LogP contribution is -2.47. The van der Waals surface area contributed by atoms with Crippen LogP contribution < -0.4 is 0 Å². The van der Waals surface area contributed by atoms with E-state index in [0.717, 1.165) is 6.42 Å². The van der Waals surface area contributed by atoms with E-state index in [-0.39, 0.29) is 40.9 Å². The first-order valence-electron chi connectivity index (χ1n) is 7.73. The molecule has 0 radical (unpaired) electrons. The highest BCUT2D eigenvalue weighted by molar-refractivity contribution is 6.10. The van der Waals surface area contributed by atoms with Crippen molar-refractivity contribution in [1.29, 1.82) is 0 Å². The number of nitrogens with zero attached hydrogens (tertiary/aromatic N) is 1. The number of hydrogen-bond donors (Lipinski definition) is 0. The maximum absolute atomic E-state index is 13.1. The Bertz CT molecular complexity index is 798. The van der Waals surface area contributed by atoms with Gasteiger partial charge in [-0.1, -0.05) is 12.2 Å². The van der Waals surface area contributed by atoms with Gasteiger partial charge >= 0.3 is 0 Å². The number of hydrogen-bond acceptors (Lipinski definition) is 5. The molecule has 3 fully saturated rings. The first kappa shape index (κ1) is 13.1. The molecule has 1 saturated heterocycles. The quantitative estimate of drug-likeness (QED) is 0.359. The van der Waals surface area contributed by atoms with Crippen LogP contribution in [0, 0.1) is 33.8 Å². The number of Topliss-reactive ketones (excluding diaryl/α,β-unsaturated/α-hetero) is 2. The van der Waals surface area contributed by atoms with E-state index in [1.54, 1.807) is 0 Å². The van der Waals surface area contributed by atoms with Gasteiger partial charge in [-0.25, -0.2) is 0 Å². The minimum Gasteiger partial charge on any atom is -0.344 e. The average Bonchev–Trinajstić information content (AvgIpc) is 3.00. The van der Waals surface area contributed by atoms with Gasteiger partial charge in [0.2, 0.25) is 0 Å². The number of fused-ring (bicyclic) bond motifs is 6. The Balaban J connectivity index is 1.57. The fourth-order valence-electron chi connectivity index (χ4n) is 4.78. The van der Waals surface area contributed by atoms with E-state index >= 15 is 0 Å². The maximum atomic E-state index is 13.1. The molecular formula is C17H13NO5. The summed E-state index contributed by atoms with van der Waals surface area (Å²) in [7, 11) is 0. The topological polar surface area (TPSA) is 89.8 Å². The summed E-state index contributed by atoms with van der Waals surface area (Å²) < 4.78 is 5.64. The molecule has 0 spiro atoms. The second kappa shape index (κ2) is 3.94. The van der Waals surface area contributed by atoms with Gasteiger partial charge in [0.05, 0.1) is 4.92 Å². The zero-order valence-electron chi connectivity index (χ0n) is 12.0. The van der Waals surface area contributed by atoms with E-state index in [4.69, 9.17) is 4.74 Å². The molecule has 6 nitrogen and oxygen atoms in total. The van der Waals surface area contributed by atoms with Crippen molar-refractivity contribution < 1.29 is 19.2 Å². The summed E-state index contributed by atoms with van der Waals surface area (Å²) in [6.07, 6.45) is 4.25. The Morgan fingerprint density at radius 1 is 1.09 bits per heavy atom. The SMILES string of the molecule is O=C1[C@H]2[C@@H](C(=O)[C@@]3(c4ccc([N+](=O)[O-])cc4)O[C@H]13)[C@H]1C=C[C@H]2C1. The molecule has 3 aliphatic carbocycles. The van der Waals surface area contributed by atoms with Crippen LogP contribution in [-0.4, -0.2) is 22.6 Å². The number of rotatable bonds is 2. The predicted octanol–water partition coefficient (Wildman–Crippen LogP) is 1.78. The first-order valence-corrected chi connectivity index (χ1v) is 7.73. The van der Waals surface area contributed by atoms with Crippen LogP contribution in [0.5, 0.6) is 0 Å². The third-order valence-electron chi connectivity index (χ3n) is 5.84. The number of carbonyl (C=O) groups is 2. The van der Waals surface area contributed by atoms with Crippen molar-refractivity contribution in [3.63, 3.8) is 0 Å². The molecule has 1 aromatic rings. The van der Waals surface area contributed by atoms with Gasteiger partial charge in [-0.3, -0.25) is 19.7 Å². The van der Waals surface area contributed by atoms with Gasteiger partial charge in [0.15, 0.2) is 23.3 Å². The van der Waals surface area contributed by atoms with E-state index in [9.17, 15) is 19.7 Å². The van der Waals surface area contributed by atoms with Crippen LogP contribution in [-0.2, 0) is 19.9 Å². The highest BCUT2D eigenvalue weighted by Crippen LogP contribution is 2.62. The molecule has 6 atom stereocenters. The van der Waals surface area contributed by atoms with E-state index in [1.807, 2.05) is 6.08 Å². The summed E-state index contributed by atoms with van der Waals surface area (Å²) in [6.45, 7) is 0. The molecular weight excluding hydrogens is 298 g/mol. The number of benzene rings is 1. The summed E-state index contributed by atoms with van der Waals surface area (Å²) in [5.41, 5.74) is -0.694. The molecule has 4 aliphatic rings. The molecule has 0 N–H and O–H groups in total. The molecule has 2 saturated carbocycles. The van der Waals surface area contributed by atoms with Gasteiger partial charge in [0.25, 0.3) is 5.69 Å². The largest absolute Gasteiger partial charge is 0.344 e. The lowest BCUT2D eigenvalue weighted by atomic mass is 9.66. The zero-order chi connectivity index (χ0) is 15.9. The standard InChI is InChI=1S/C17H13NO5/c19-14-12-8-1-2-9(7-8)13(12)15(20)17(16(14)23-17)10-3-5-11(6-4-10)18(21)22/h1-6,8-9,12-13,16H,7H2/t8-,9-,12+,13-,16+,17+/m0/s1. The Kier molecular flexibility index (Phi) is 2.25. The Hall–Kier alpha value is -2.34. The van der Waals surface area contributed by atoms with Crippen molar-refractivity contribution in [3.8, 4) is 0 Å². The van der Waals surface area contributed by atoms with E-state index in [0.29, 0.717) is 5.56 Å². The van der Waals surface area contributed by atoms with Crippen LogP contribution in [0.3, 0.4) is 0 Å². The van der Waals surface area contributed by atoms with Gasteiger partial charge in [-0.05, 0) is 36.0 Å². The molecule has 6 heteroatoms. The van der Waals surface area contributed by atoms with Crippen molar-refractivity contribution in [2.24, 2.45) is 23.7 Å². The van der Waals surface area contributed by atoms with Gasteiger partial charge in [0.1, 0.15) is 0 Å². The molecule has 1 aliphatic heterocycles. The Morgan fingerprint density at radius 3 is 2.39 bits per heavy atom. The molecule has 5 rings (SSSR count). The molecule has 0 aromatic heterocycles. The fraction of sp³-hybridized carbons (Fsp3) is 0.412. The van der Waals surface area contributed by atoms with Crippen molar-refractivity contribution in [1.82, 2.24) is 0 Å².